The van der Waals surface area contributed by atoms with Gasteiger partial charge >= 0.3 is 0 Å². The smallest absolute Gasteiger partial charge is 0.123 e. The lowest BCUT2D eigenvalue weighted by Crippen LogP contribution is -2.28. The van der Waals surface area contributed by atoms with Crippen molar-refractivity contribution < 1.29 is 0 Å². The molecule has 0 saturated heterocycles. The highest BCUT2D eigenvalue weighted by molar-refractivity contribution is 5.21. The highest BCUT2D eigenvalue weighted by Crippen LogP contribution is 2.42. The van der Waals surface area contributed by atoms with Crippen LogP contribution in [0.25, 0.3) is 0 Å². The van der Waals surface area contributed by atoms with Gasteiger partial charge in [-0.1, -0.05) is 37.3 Å². The van der Waals surface area contributed by atoms with Gasteiger partial charge in [-0.05, 0) is 30.7 Å². The second-order valence-corrected chi connectivity index (χ2v) is 5.33. The molecule has 0 amide bonds. The summed E-state index contributed by atoms with van der Waals surface area (Å²) in [5.41, 5.74) is 1.40. The van der Waals surface area contributed by atoms with E-state index in [9.17, 15) is 0 Å². The zero-order valence-corrected chi connectivity index (χ0v) is 11.3. The van der Waals surface area contributed by atoms with Crippen LogP contribution in [0.2, 0.25) is 0 Å². The Morgan fingerprint density at radius 2 is 2.11 bits per heavy atom. The summed E-state index contributed by atoms with van der Waals surface area (Å²) in [6.45, 7) is 2.20. The van der Waals surface area contributed by atoms with Crippen LogP contribution < -0.4 is 5.32 Å². The molecular weight excluding hydrogens is 234 g/mol. The van der Waals surface area contributed by atoms with Gasteiger partial charge < -0.3 is 10.3 Å². The molecule has 2 N–H and O–H groups in total. The average molecular weight is 255 g/mol. The van der Waals surface area contributed by atoms with Crippen LogP contribution >= 0.6 is 0 Å². The van der Waals surface area contributed by atoms with E-state index in [0.29, 0.717) is 12.1 Å². The lowest BCUT2D eigenvalue weighted by molar-refractivity contribution is 0.391. The van der Waals surface area contributed by atoms with Gasteiger partial charge in [0, 0.05) is 18.4 Å². The normalized spacial score (nSPS) is 18.2. The van der Waals surface area contributed by atoms with Gasteiger partial charge in [0.25, 0.3) is 0 Å². The number of benzene rings is 1. The fraction of sp³-hybridized carbons (Fsp3) is 0.438. The fourth-order valence-corrected chi connectivity index (χ4v) is 2.67. The lowest BCUT2D eigenvalue weighted by atomic mass is 10.0. The molecule has 1 aromatic heterocycles. The van der Waals surface area contributed by atoms with Crippen molar-refractivity contribution in [3.63, 3.8) is 0 Å². The van der Waals surface area contributed by atoms with E-state index in [0.717, 1.165) is 18.2 Å². The highest BCUT2D eigenvalue weighted by Gasteiger charge is 2.33. The molecule has 3 nitrogen and oxygen atoms in total. The van der Waals surface area contributed by atoms with Gasteiger partial charge in [0.15, 0.2) is 0 Å². The first kappa shape index (κ1) is 12.4. The van der Waals surface area contributed by atoms with E-state index in [1.165, 1.54) is 18.4 Å². The number of hydrogen-bond acceptors (Lipinski definition) is 2. The zero-order valence-electron chi connectivity index (χ0n) is 11.3. The van der Waals surface area contributed by atoms with Crippen LogP contribution in [-0.2, 0) is 0 Å². The third-order valence-electron chi connectivity index (χ3n) is 3.89. The fourth-order valence-electron chi connectivity index (χ4n) is 2.67. The number of aromatic nitrogens is 2. The first-order valence-electron chi connectivity index (χ1n) is 7.18. The van der Waals surface area contributed by atoms with E-state index >= 15 is 0 Å². The van der Waals surface area contributed by atoms with Crippen LogP contribution in [0.3, 0.4) is 0 Å². The summed E-state index contributed by atoms with van der Waals surface area (Å²) < 4.78 is 0. The third kappa shape index (κ3) is 2.87. The summed E-state index contributed by atoms with van der Waals surface area (Å²) in [4.78, 5) is 7.63. The second kappa shape index (κ2) is 5.57. The molecule has 1 aliphatic carbocycles. The summed E-state index contributed by atoms with van der Waals surface area (Å²) >= 11 is 0. The van der Waals surface area contributed by atoms with Gasteiger partial charge in [0.05, 0.1) is 6.04 Å². The Hall–Kier alpha value is -1.61. The maximum Gasteiger partial charge on any atom is 0.123 e. The molecule has 0 spiro atoms. The molecule has 19 heavy (non-hydrogen) atoms. The lowest BCUT2D eigenvalue weighted by Gasteiger charge is -2.24. The van der Waals surface area contributed by atoms with Crippen LogP contribution in [0.4, 0.5) is 0 Å². The van der Waals surface area contributed by atoms with Gasteiger partial charge in [-0.25, -0.2) is 4.98 Å². The maximum absolute atomic E-state index is 4.40. The molecule has 3 heteroatoms. The molecule has 3 rings (SSSR count). The second-order valence-electron chi connectivity index (χ2n) is 5.33. The Bertz CT molecular complexity index is 488. The first-order valence-corrected chi connectivity index (χ1v) is 7.18. The SMILES string of the molecule is CCC(NC(c1ccccc1)C1CC1)c1ncc[nH]1. The molecule has 2 aromatic rings. The molecule has 1 saturated carbocycles. The summed E-state index contributed by atoms with van der Waals surface area (Å²) in [5.74, 6) is 1.83. The Morgan fingerprint density at radius 3 is 2.68 bits per heavy atom. The minimum atomic E-state index is 0.306. The Labute approximate surface area is 114 Å². The van der Waals surface area contributed by atoms with E-state index in [1.54, 1.807) is 0 Å². The minimum absolute atomic E-state index is 0.306. The molecule has 1 heterocycles. The van der Waals surface area contributed by atoms with Gasteiger partial charge in [-0.2, -0.15) is 0 Å². The quantitative estimate of drug-likeness (QED) is 0.828. The van der Waals surface area contributed by atoms with Gasteiger partial charge in [-0.15, -0.1) is 0 Å². The molecule has 1 aliphatic rings. The monoisotopic (exact) mass is 255 g/mol. The molecule has 1 fully saturated rings. The van der Waals surface area contributed by atoms with E-state index < -0.39 is 0 Å². The predicted molar refractivity (Wildman–Crippen MR) is 76.7 cm³/mol. The number of H-pyrrole nitrogens is 1. The van der Waals surface area contributed by atoms with Crippen molar-refractivity contribution in [3.8, 4) is 0 Å². The van der Waals surface area contributed by atoms with Gasteiger partial charge in [-0.3, -0.25) is 0 Å². The van der Waals surface area contributed by atoms with Crippen molar-refractivity contribution in [1.82, 2.24) is 15.3 Å². The highest BCUT2D eigenvalue weighted by atomic mass is 15.0. The van der Waals surface area contributed by atoms with Crippen molar-refractivity contribution in [2.75, 3.05) is 0 Å². The zero-order chi connectivity index (χ0) is 13.1. The molecule has 0 radical (unpaired) electrons. The van der Waals surface area contributed by atoms with Crippen LogP contribution in [-0.4, -0.2) is 9.97 Å². The largest absolute Gasteiger partial charge is 0.347 e. The van der Waals surface area contributed by atoms with Crippen LogP contribution in [0, 0.1) is 5.92 Å². The first-order chi connectivity index (χ1) is 9.38. The standard InChI is InChI=1S/C16H21N3/c1-2-14(16-17-10-11-18-16)19-15(13-8-9-13)12-6-4-3-5-7-12/h3-7,10-11,13-15,19H,2,8-9H2,1H3,(H,17,18). The molecule has 1 aromatic carbocycles. The molecular formula is C16H21N3. The van der Waals surface area contributed by atoms with Crippen LogP contribution in [0.5, 0.6) is 0 Å². The third-order valence-corrected chi connectivity index (χ3v) is 3.89. The van der Waals surface area contributed by atoms with Crippen LogP contribution in [0.15, 0.2) is 42.7 Å². The molecule has 0 aliphatic heterocycles. The molecule has 2 atom stereocenters. The van der Waals surface area contributed by atoms with Crippen molar-refractivity contribution >= 4 is 0 Å². The Balaban J connectivity index is 1.78. The summed E-state index contributed by atoms with van der Waals surface area (Å²) in [7, 11) is 0. The van der Waals surface area contributed by atoms with E-state index in [4.69, 9.17) is 0 Å². The Kier molecular flexibility index (Phi) is 3.65. The topological polar surface area (TPSA) is 40.7 Å². The van der Waals surface area contributed by atoms with E-state index in [2.05, 4.69) is 52.5 Å². The summed E-state index contributed by atoms with van der Waals surface area (Å²) in [6.07, 6.45) is 7.44. The summed E-state index contributed by atoms with van der Waals surface area (Å²) in [5, 5.41) is 3.79. The minimum Gasteiger partial charge on any atom is -0.347 e. The maximum atomic E-state index is 4.40. The molecule has 2 unspecified atom stereocenters. The number of nitrogens with one attached hydrogen (secondary N) is 2. The molecule has 0 bridgehead atoms. The number of nitrogens with zero attached hydrogens (tertiary/aromatic N) is 1. The van der Waals surface area contributed by atoms with Crippen molar-refractivity contribution in [3.05, 3.63) is 54.1 Å². The van der Waals surface area contributed by atoms with Gasteiger partial charge in [0.1, 0.15) is 5.82 Å². The number of hydrogen-bond donors (Lipinski definition) is 2. The Morgan fingerprint density at radius 1 is 1.32 bits per heavy atom. The van der Waals surface area contributed by atoms with Crippen molar-refractivity contribution in [1.29, 1.82) is 0 Å². The van der Waals surface area contributed by atoms with Crippen molar-refractivity contribution in [2.24, 2.45) is 5.92 Å². The van der Waals surface area contributed by atoms with E-state index in [-0.39, 0.29) is 0 Å². The van der Waals surface area contributed by atoms with Crippen LogP contribution in [0.1, 0.15) is 49.7 Å². The summed E-state index contributed by atoms with van der Waals surface area (Å²) in [6, 6.07) is 11.5. The number of imidazole rings is 1. The average Bonchev–Trinajstić information content (AvgIpc) is 3.15. The number of rotatable bonds is 6. The van der Waals surface area contributed by atoms with E-state index in [1.807, 2.05) is 12.4 Å². The van der Waals surface area contributed by atoms with Gasteiger partial charge in [0.2, 0.25) is 0 Å². The number of aromatic amines is 1. The molecule has 100 valence electrons. The predicted octanol–water partition coefficient (Wildman–Crippen LogP) is 3.60. The van der Waals surface area contributed by atoms with Crippen molar-refractivity contribution in [2.45, 2.75) is 38.3 Å².